The van der Waals surface area contributed by atoms with Crippen molar-refractivity contribution in [3.8, 4) is 5.75 Å². The van der Waals surface area contributed by atoms with Gasteiger partial charge in [-0.2, -0.15) is 13.2 Å². The van der Waals surface area contributed by atoms with Crippen LogP contribution in [0.3, 0.4) is 0 Å². The van der Waals surface area contributed by atoms with Crippen LogP contribution in [0, 0.1) is 0 Å². The van der Waals surface area contributed by atoms with Gasteiger partial charge in [-0.3, -0.25) is 0 Å². The van der Waals surface area contributed by atoms with Crippen LogP contribution in [-0.4, -0.2) is 11.7 Å². The Bertz CT molecular complexity index is 336. The van der Waals surface area contributed by atoms with Gasteiger partial charge in [0.15, 0.2) is 0 Å². The lowest BCUT2D eigenvalue weighted by molar-refractivity contribution is -0.137. The highest BCUT2D eigenvalue weighted by Gasteiger charge is 2.30. The van der Waals surface area contributed by atoms with Crippen LogP contribution in [0.15, 0.2) is 18.2 Å². The Kier molecular flexibility index (Phi) is 3.57. The maximum absolute atomic E-state index is 12.3. The van der Waals surface area contributed by atoms with Crippen LogP contribution in [0.4, 0.5) is 13.2 Å². The molecule has 0 radical (unpaired) electrons. The molecule has 1 aromatic rings. The summed E-state index contributed by atoms with van der Waals surface area (Å²) in [6.07, 6.45) is -3.47. The predicted octanol–water partition coefficient (Wildman–Crippen LogP) is 2.30. The van der Waals surface area contributed by atoms with E-state index in [2.05, 4.69) is 0 Å². The second-order valence-electron chi connectivity index (χ2n) is 3.23. The fourth-order valence-electron chi connectivity index (χ4n) is 1.25. The Labute approximate surface area is 85.5 Å². The molecule has 1 rings (SSSR count). The normalized spacial score (nSPS) is 11.7. The molecule has 0 saturated carbocycles. The van der Waals surface area contributed by atoms with E-state index in [1.807, 2.05) is 0 Å². The van der Waals surface area contributed by atoms with Gasteiger partial charge in [-0.05, 0) is 43.1 Å². The summed E-state index contributed by atoms with van der Waals surface area (Å²) in [5, 5.41) is 9.32. The first-order chi connectivity index (χ1) is 6.95. The van der Waals surface area contributed by atoms with E-state index in [9.17, 15) is 18.3 Å². The SMILES string of the molecule is NCCCc1cc(C(F)(F)F)ccc1O. The smallest absolute Gasteiger partial charge is 0.416 e. The quantitative estimate of drug-likeness (QED) is 0.819. The van der Waals surface area contributed by atoms with E-state index in [0.717, 1.165) is 18.2 Å². The van der Waals surface area contributed by atoms with Crippen molar-refractivity contribution in [2.75, 3.05) is 6.54 Å². The summed E-state index contributed by atoms with van der Waals surface area (Å²) in [6.45, 7) is 0.385. The second kappa shape index (κ2) is 4.53. The highest BCUT2D eigenvalue weighted by atomic mass is 19.4. The van der Waals surface area contributed by atoms with Crippen LogP contribution in [0.5, 0.6) is 5.75 Å². The average Bonchev–Trinajstić information content (AvgIpc) is 2.15. The molecule has 84 valence electrons. The summed E-state index contributed by atoms with van der Waals surface area (Å²) in [6, 6.07) is 2.89. The molecule has 0 saturated heterocycles. The van der Waals surface area contributed by atoms with Gasteiger partial charge >= 0.3 is 6.18 Å². The number of halogens is 3. The van der Waals surface area contributed by atoms with Crippen molar-refractivity contribution in [2.24, 2.45) is 5.73 Å². The molecule has 2 nitrogen and oxygen atoms in total. The lowest BCUT2D eigenvalue weighted by atomic mass is 10.0. The van der Waals surface area contributed by atoms with Gasteiger partial charge in [0.25, 0.3) is 0 Å². The Hall–Kier alpha value is -1.23. The Morgan fingerprint density at radius 2 is 1.93 bits per heavy atom. The average molecular weight is 219 g/mol. The number of benzene rings is 1. The molecule has 5 heteroatoms. The molecule has 0 heterocycles. The first-order valence-electron chi connectivity index (χ1n) is 4.54. The predicted molar refractivity (Wildman–Crippen MR) is 50.5 cm³/mol. The van der Waals surface area contributed by atoms with E-state index >= 15 is 0 Å². The number of aromatic hydroxyl groups is 1. The first kappa shape index (κ1) is 11.8. The number of hydrogen-bond acceptors (Lipinski definition) is 2. The third-order valence-electron chi connectivity index (χ3n) is 2.06. The maximum atomic E-state index is 12.3. The molecule has 3 N–H and O–H groups in total. The largest absolute Gasteiger partial charge is 0.508 e. The molecule has 0 aliphatic rings. The van der Waals surface area contributed by atoms with Gasteiger partial charge in [0, 0.05) is 0 Å². The molecule has 0 atom stereocenters. The molecule has 1 aromatic carbocycles. The highest BCUT2D eigenvalue weighted by molar-refractivity contribution is 5.37. The summed E-state index contributed by atoms with van der Waals surface area (Å²) in [5.41, 5.74) is 4.79. The summed E-state index contributed by atoms with van der Waals surface area (Å²) in [4.78, 5) is 0. The third-order valence-corrected chi connectivity index (χ3v) is 2.06. The summed E-state index contributed by atoms with van der Waals surface area (Å²) >= 11 is 0. The van der Waals surface area contributed by atoms with E-state index in [4.69, 9.17) is 5.73 Å². The van der Waals surface area contributed by atoms with Crippen molar-refractivity contribution in [1.29, 1.82) is 0 Å². The minimum absolute atomic E-state index is 0.114. The molecule has 0 amide bonds. The number of aryl methyl sites for hydroxylation is 1. The van der Waals surface area contributed by atoms with E-state index in [1.165, 1.54) is 0 Å². The lowest BCUT2D eigenvalue weighted by Crippen LogP contribution is -2.06. The van der Waals surface area contributed by atoms with E-state index in [-0.39, 0.29) is 11.3 Å². The van der Waals surface area contributed by atoms with Crippen molar-refractivity contribution < 1.29 is 18.3 Å². The van der Waals surface area contributed by atoms with Gasteiger partial charge in [-0.1, -0.05) is 0 Å². The monoisotopic (exact) mass is 219 g/mol. The maximum Gasteiger partial charge on any atom is 0.416 e. The molecule has 0 spiro atoms. The first-order valence-corrected chi connectivity index (χ1v) is 4.54. The third kappa shape index (κ3) is 3.13. The fraction of sp³-hybridized carbons (Fsp3) is 0.400. The van der Waals surface area contributed by atoms with Gasteiger partial charge < -0.3 is 10.8 Å². The van der Waals surface area contributed by atoms with Crippen LogP contribution >= 0.6 is 0 Å². The number of hydrogen-bond donors (Lipinski definition) is 2. The van der Waals surface area contributed by atoms with Crippen molar-refractivity contribution in [2.45, 2.75) is 19.0 Å². The number of phenolic OH excluding ortho intramolecular Hbond substituents is 1. The van der Waals surface area contributed by atoms with Crippen LogP contribution in [0.1, 0.15) is 17.5 Å². The second-order valence-corrected chi connectivity index (χ2v) is 3.23. The standard InChI is InChI=1S/C10H12F3NO/c11-10(12,13)8-3-4-9(15)7(6-8)2-1-5-14/h3-4,6,15H,1-2,5,14H2. The number of rotatable bonds is 3. The molecule has 0 unspecified atom stereocenters. The zero-order chi connectivity index (χ0) is 11.5. The lowest BCUT2D eigenvalue weighted by Gasteiger charge is -2.10. The molecule has 0 fully saturated rings. The highest BCUT2D eigenvalue weighted by Crippen LogP contribution is 2.32. The Morgan fingerprint density at radius 3 is 2.47 bits per heavy atom. The number of phenols is 1. The molecule has 0 aliphatic heterocycles. The van der Waals surface area contributed by atoms with Crippen LogP contribution in [-0.2, 0) is 12.6 Å². The fourth-order valence-corrected chi connectivity index (χ4v) is 1.25. The summed E-state index contributed by atoms with van der Waals surface area (Å²) < 4.78 is 36.9. The van der Waals surface area contributed by atoms with E-state index in [0.29, 0.717) is 19.4 Å². The Balaban J connectivity index is 2.95. The molecule has 0 aliphatic carbocycles. The van der Waals surface area contributed by atoms with Gasteiger partial charge in [0.05, 0.1) is 5.56 Å². The van der Waals surface area contributed by atoms with E-state index in [1.54, 1.807) is 0 Å². The van der Waals surface area contributed by atoms with Gasteiger partial charge in [0.2, 0.25) is 0 Å². The van der Waals surface area contributed by atoms with Crippen molar-refractivity contribution in [3.63, 3.8) is 0 Å². The van der Waals surface area contributed by atoms with Crippen LogP contribution in [0.2, 0.25) is 0 Å². The number of nitrogens with two attached hydrogens (primary N) is 1. The minimum atomic E-state index is -4.37. The molecule has 15 heavy (non-hydrogen) atoms. The van der Waals surface area contributed by atoms with Crippen molar-refractivity contribution in [1.82, 2.24) is 0 Å². The van der Waals surface area contributed by atoms with Crippen molar-refractivity contribution in [3.05, 3.63) is 29.3 Å². The van der Waals surface area contributed by atoms with Gasteiger partial charge in [-0.25, -0.2) is 0 Å². The Morgan fingerprint density at radius 1 is 1.27 bits per heavy atom. The molecule has 0 bridgehead atoms. The minimum Gasteiger partial charge on any atom is -0.508 e. The number of alkyl halides is 3. The zero-order valence-corrected chi connectivity index (χ0v) is 8.01. The van der Waals surface area contributed by atoms with E-state index < -0.39 is 11.7 Å². The van der Waals surface area contributed by atoms with Gasteiger partial charge in [0.1, 0.15) is 5.75 Å². The molecular weight excluding hydrogens is 207 g/mol. The van der Waals surface area contributed by atoms with Crippen LogP contribution in [0.25, 0.3) is 0 Å². The summed E-state index contributed by atoms with van der Waals surface area (Å²) in [7, 11) is 0. The van der Waals surface area contributed by atoms with Crippen molar-refractivity contribution >= 4 is 0 Å². The molecular formula is C10H12F3NO. The summed E-state index contributed by atoms with van der Waals surface area (Å²) in [5.74, 6) is -0.114. The van der Waals surface area contributed by atoms with Gasteiger partial charge in [-0.15, -0.1) is 0 Å². The zero-order valence-electron chi connectivity index (χ0n) is 8.01. The molecule has 0 aromatic heterocycles. The van der Waals surface area contributed by atoms with Crippen LogP contribution < -0.4 is 5.73 Å². The topological polar surface area (TPSA) is 46.2 Å².